The van der Waals surface area contributed by atoms with Crippen molar-refractivity contribution in [1.29, 1.82) is 0 Å². The molecule has 3 heteroatoms. The summed E-state index contributed by atoms with van der Waals surface area (Å²) >= 11 is 5.34. The summed E-state index contributed by atoms with van der Waals surface area (Å²) in [5, 5.41) is 3.43. The largest absolute Gasteiger partial charge is 0.398 e. The zero-order chi connectivity index (χ0) is 12.7. The van der Waals surface area contributed by atoms with Crippen LogP contribution in [-0.2, 0) is 0 Å². The summed E-state index contributed by atoms with van der Waals surface area (Å²) in [5.74, 6) is 0. The maximum Gasteiger partial charge on any atom is 0.0491 e. The second kappa shape index (κ2) is 4.41. The van der Waals surface area contributed by atoms with Gasteiger partial charge in [0.1, 0.15) is 0 Å². The fourth-order valence-electron chi connectivity index (χ4n) is 2.16. The van der Waals surface area contributed by atoms with Crippen molar-refractivity contribution in [3.8, 4) is 11.1 Å². The predicted molar refractivity (Wildman–Crippen MR) is 84.1 cm³/mol. The first kappa shape index (κ1) is 11.8. The average molecular weight is 318 g/mol. The van der Waals surface area contributed by atoms with Gasteiger partial charge in [0.15, 0.2) is 0 Å². The van der Waals surface area contributed by atoms with Gasteiger partial charge in [-0.1, -0.05) is 24.3 Å². The topological polar surface area (TPSA) is 26.0 Å². The Bertz CT molecular complexity index is 730. The van der Waals surface area contributed by atoms with Gasteiger partial charge in [-0.05, 0) is 45.9 Å². The van der Waals surface area contributed by atoms with Crippen molar-refractivity contribution < 1.29 is 0 Å². The van der Waals surface area contributed by atoms with E-state index in [4.69, 9.17) is 5.73 Å². The Labute approximate surface area is 118 Å². The molecule has 0 aliphatic rings. The average Bonchev–Trinajstić information content (AvgIpc) is 2.74. The lowest BCUT2D eigenvalue weighted by atomic mass is 10.0. The van der Waals surface area contributed by atoms with Crippen molar-refractivity contribution in [2.75, 3.05) is 5.73 Å². The van der Waals surface area contributed by atoms with Gasteiger partial charge in [-0.25, -0.2) is 0 Å². The minimum atomic E-state index is 0.842. The molecule has 18 heavy (non-hydrogen) atoms. The van der Waals surface area contributed by atoms with E-state index in [0.29, 0.717) is 0 Å². The van der Waals surface area contributed by atoms with Gasteiger partial charge in [-0.2, -0.15) is 0 Å². The highest BCUT2D eigenvalue weighted by Crippen LogP contribution is 2.39. The summed E-state index contributed by atoms with van der Waals surface area (Å²) in [5.41, 5.74) is 10.5. The molecule has 3 aromatic rings. The molecule has 0 saturated carbocycles. The number of rotatable bonds is 1. The van der Waals surface area contributed by atoms with E-state index in [1.165, 1.54) is 21.2 Å². The number of nitrogen functional groups attached to an aromatic ring is 1. The number of hydrogen-bond donors (Lipinski definition) is 1. The predicted octanol–water partition coefficient (Wildman–Crippen LogP) is 5.22. The number of hydrogen-bond acceptors (Lipinski definition) is 2. The third-order valence-electron chi connectivity index (χ3n) is 3.05. The Hall–Kier alpha value is -1.32. The fourth-order valence-corrected chi connectivity index (χ4v) is 3.78. The lowest BCUT2D eigenvalue weighted by molar-refractivity contribution is 1.47. The molecule has 0 saturated heterocycles. The minimum Gasteiger partial charge on any atom is -0.398 e. The van der Waals surface area contributed by atoms with Crippen LogP contribution >= 0.6 is 27.3 Å². The molecular formula is C15H12BrNS. The maximum atomic E-state index is 6.13. The number of anilines is 1. The molecule has 0 radical (unpaired) electrons. The van der Waals surface area contributed by atoms with Gasteiger partial charge in [0.25, 0.3) is 0 Å². The molecule has 0 unspecified atom stereocenters. The standard InChI is InChI=1S/C15H12BrNS/c1-9-5-6-10(14(17)7-9)12-8-18-15-11(12)3-2-4-13(15)16/h2-8H,17H2,1H3. The van der Waals surface area contributed by atoms with Gasteiger partial charge >= 0.3 is 0 Å². The lowest BCUT2D eigenvalue weighted by Gasteiger charge is -2.06. The van der Waals surface area contributed by atoms with E-state index in [1.807, 2.05) is 6.07 Å². The summed E-state index contributed by atoms with van der Waals surface area (Å²) in [6, 6.07) is 12.5. The smallest absolute Gasteiger partial charge is 0.0491 e. The van der Waals surface area contributed by atoms with Gasteiger partial charge < -0.3 is 5.73 Å². The lowest BCUT2D eigenvalue weighted by Crippen LogP contribution is -1.90. The van der Waals surface area contributed by atoms with Gasteiger partial charge in [0.2, 0.25) is 0 Å². The van der Waals surface area contributed by atoms with E-state index >= 15 is 0 Å². The van der Waals surface area contributed by atoms with Crippen molar-refractivity contribution in [3.63, 3.8) is 0 Å². The number of halogens is 1. The van der Waals surface area contributed by atoms with Crippen LogP contribution in [0.15, 0.2) is 46.3 Å². The molecule has 0 atom stereocenters. The van der Waals surface area contributed by atoms with E-state index in [1.54, 1.807) is 11.3 Å². The summed E-state index contributed by atoms with van der Waals surface area (Å²) in [7, 11) is 0. The molecule has 1 aromatic heterocycles. The van der Waals surface area contributed by atoms with Gasteiger partial charge in [0, 0.05) is 31.4 Å². The molecule has 0 fully saturated rings. The molecule has 1 nitrogen and oxygen atoms in total. The third kappa shape index (κ3) is 1.84. The number of fused-ring (bicyclic) bond motifs is 1. The summed E-state index contributed by atoms with van der Waals surface area (Å²) in [6.07, 6.45) is 0. The zero-order valence-electron chi connectivity index (χ0n) is 9.91. The number of benzene rings is 2. The second-order valence-corrected chi connectivity index (χ2v) is 6.09. The Morgan fingerprint density at radius 1 is 1.11 bits per heavy atom. The minimum absolute atomic E-state index is 0.842. The number of thiophene rings is 1. The van der Waals surface area contributed by atoms with Crippen LogP contribution in [0.25, 0.3) is 21.2 Å². The first-order valence-electron chi connectivity index (χ1n) is 5.69. The SMILES string of the molecule is Cc1ccc(-c2csc3c(Br)cccc23)c(N)c1. The van der Waals surface area contributed by atoms with Gasteiger partial charge in [0.05, 0.1) is 0 Å². The van der Waals surface area contributed by atoms with Gasteiger partial charge in [-0.3, -0.25) is 0 Å². The Morgan fingerprint density at radius 3 is 2.72 bits per heavy atom. The molecule has 2 N–H and O–H groups in total. The highest BCUT2D eigenvalue weighted by molar-refractivity contribution is 9.10. The molecule has 1 heterocycles. The Morgan fingerprint density at radius 2 is 1.94 bits per heavy atom. The Kier molecular flexibility index (Phi) is 2.88. The molecule has 0 aliphatic carbocycles. The third-order valence-corrected chi connectivity index (χ3v) is 5.00. The van der Waals surface area contributed by atoms with Crippen LogP contribution in [0.3, 0.4) is 0 Å². The normalized spacial score (nSPS) is 11.0. The van der Waals surface area contributed by atoms with Crippen LogP contribution in [0.4, 0.5) is 5.69 Å². The van der Waals surface area contributed by atoms with E-state index < -0.39 is 0 Å². The van der Waals surface area contributed by atoms with Crippen LogP contribution in [-0.4, -0.2) is 0 Å². The van der Waals surface area contributed by atoms with E-state index in [9.17, 15) is 0 Å². The summed E-state index contributed by atoms with van der Waals surface area (Å²) in [4.78, 5) is 0. The van der Waals surface area contributed by atoms with E-state index in [0.717, 1.165) is 15.7 Å². The van der Waals surface area contributed by atoms with Crippen molar-refractivity contribution in [3.05, 3.63) is 51.8 Å². The quantitative estimate of drug-likeness (QED) is 0.612. The second-order valence-electron chi connectivity index (χ2n) is 4.36. The van der Waals surface area contributed by atoms with Crippen molar-refractivity contribution in [2.45, 2.75) is 6.92 Å². The molecular weight excluding hydrogens is 306 g/mol. The van der Waals surface area contributed by atoms with Crippen molar-refractivity contribution >= 4 is 43.0 Å². The van der Waals surface area contributed by atoms with Gasteiger partial charge in [-0.15, -0.1) is 11.3 Å². The summed E-state index contributed by atoms with van der Waals surface area (Å²) < 4.78 is 2.41. The molecule has 3 rings (SSSR count). The molecule has 0 bridgehead atoms. The van der Waals surface area contributed by atoms with Crippen molar-refractivity contribution in [2.24, 2.45) is 0 Å². The van der Waals surface area contributed by atoms with E-state index in [2.05, 4.69) is 58.6 Å². The van der Waals surface area contributed by atoms with Crippen LogP contribution < -0.4 is 5.73 Å². The molecule has 90 valence electrons. The molecule has 0 aliphatic heterocycles. The van der Waals surface area contributed by atoms with Crippen LogP contribution in [0, 0.1) is 6.92 Å². The fraction of sp³-hybridized carbons (Fsp3) is 0.0667. The van der Waals surface area contributed by atoms with Crippen LogP contribution in [0.1, 0.15) is 5.56 Å². The van der Waals surface area contributed by atoms with E-state index in [-0.39, 0.29) is 0 Å². The first-order chi connectivity index (χ1) is 8.66. The highest BCUT2D eigenvalue weighted by atomic mass is 79.9. The monoisotopic (exact) mass is 317 g/mol. The molecule has 2 aromatic carbocycles. The number of nitrogens with two attached hydrogens (primary N) is 1. The number of aryl methyl sites for hydroxylation is 1. The Balaban J connectivity index is 2.29. The molecule has 0 amide bonds. The molecule has 0 spiro atoms. The van der Waals surface area contributed by atoms with Crippen LogP contribution in [0.5, 0.6) is 0 Å². The maximum absolute atomic E-state index is 6.13. The highest BCUT2D eigenvalue weighted by Gasteiger charge is 2.10. The first-order valence-corrected chi connectivity index (χ1v) is 7.36. The summed E-state index contributed by atoms with van der Waals surface area (Å²) in [6.45, 7) is 2.06. The zero-order valence-corrected chi connectivity index (χ0v) is 12.3. The van der Waals surface area contributed by atoms with Crippen molar-refractivity contribution in [1.82, 2.24) is 0 Å². The van der Waals surface area contributed by atoms with Crippen LogP contribution in [0.2, 0.25) is 0 Å².